The van der Waals surface area contributed by atoms with E-state index in [1.54, 1.807) is 0 Å². The van der Waals surface area contributed by atoms with Crippen molar-refractivity contribution in [2.45, 2.75) is 67.8 Å². The van der Waals surface area contributed by atoms with Crippen molar-refractivity contribution in [3.8, 4) is 0 Å². The SMILES string of the molecule is CC(=O)[C@]1(OBr)[C@H](O)[C@@H](CO)O[C@H](O[C@H]2[C@H](O)[C@@H](O)[C@@H](O)O[C@@H]2CO)[C@@H]1O. The molecule has 0 saturated carbocycles. The van der Waals surface area contributed by atoms with E-state index in [0.717, 1.165) is 6.92 Å². The first-order valence-corrected chi connectivity index (χ1v) is 8.69. The van der Waals surface area contributed by atoms with Crippen LogP contribution in [0.25, 0.3) is 0 Å². The van der Waals surface area contributed by atoms with Crippen molar-refractivity contribution in [2.75, 3.05) is 13.2 Å². The van der Waals surface area contributed by atoms with Crippen LogP contribution in [0.1, 0.15) is 6.92 Å². The Kier molecular flexibility index (Phi) is 7.68. The van der Waals surface area contributed by atoms with Crippen LogP contribution in [0.15, 0.2) is 0 Å². The molecule has 0 radical (unpaired) electrons. The third kappa shape index (κ3) is 3.92. The highest BCUT2D eigenvalue weighted by atomic mass is 79.9. The Hall–Kier alpha value is -0.290. The normalized spacial score (nSPS) is 48.4. The summed E-state index contributed by atoms with van der Waals surface area (Å²) >= 11 is 2.59. The lowest BCUT2D eigenvalue weighted by molar-refractivity contribution is -0.360. The molecular formula is C14H23BrO12. The molecule has 2 heterocycles. The van der Waals surface area contributed by atoms with Crippen molar-refractivity contribution >= 4 is 22.0 Å². The molecule has 0 aromatic carbocycles. The van der Waals surface area contributed by atoms with Crippen molar-refractivity contribution in [1.82, 2.24) is 0 Å². The Bertz CT molecular complexity index is 520. The van der Waals surface area contributed by atoms with Gasteiger partial charge in [-0.2, -0.15) is 0 Å². The summed E-state index contributed by atoms with van der Waals surface area (Å²) in [5, 5.41) is 69.1. The maximum absolute atomic E-state index is 12.1. The summed E-state index contributed by atoms with van der Waals surface area (Å²) in [4.78, 5) is 12.1. The fourth-order valence-electron chi connectivity index (χ4n) is 3.18. The van der Waals surface area contributed by atoms with Gasteiger partial charge in [-0.25, -0.2) is 0 Å². The van der Waals surface area contributed by atoms with E-state index < -0.39 is 79.9 Å². The van der Waals surface area contributed by atoms with Gasteiger partial charge in [0.05, 0.1) is 13.2 Å². The highest BCUT2D eigenvalue weighted by Gasteiger charge is 2.61. The van der Waals surface area contributed by atoms with Crippen molar-refractivity contribution in [3.63, 3.8) is 0 Å². The first kappa shape index (κ1) is 23.0. The molecule has 13 heteroatoms. The topological polar surface area (TPSA) is 196 Å². The molecule has 2 aliphatic rings. The molecule has 2 rings (SSSR count). The molecule has 158 valence electrons. The Balaban J connectivity index is 2.32. The summed E-state index contributed by atoms with van der Waals surface area (Å²) in [6.45, 7) is -0.472. The molecule has 12 nitrogen and oxygen atoms in total. The van der Waals surface area contributed by atoms with E-state index in [1.807, 2.05) is 0 Å². The Morgan fingerprint density at radius 3 is 2.07 bits per heavy atom. The van der Waals surface area contributed by atoms with Crippen LogP contribution in [0.3, 0.4) is 0 Å². The zero-order chi connectivity index (χ0) is 20.5. The van der Waals surface area contributed by atoms with E-state index in [-0.39, 0.29) is 0 Å². The predicted octanol–water partition coefficient (Wildman–Crippen LogP) is -4.10. The summed E-state index contributed by atoms with van der Waals surface area (Å²) < 4.78 is 20.5. The third-order valence-electron chi connectivity index (χ3n) is 4.79. The number of aliphatic hydroxyl groups is 7. The van der Waals surface area contributed by atoms with E-state index in [1.165, 1.54) is 0 Å². The van der Waals surface area contributed by atoms with E-state index in [0.29, 0.717) is 0 Å². The minimum atomic E-state index is -2.27. The minimum Gasteiger partial charge on any atom is -0.394 e. The maximum atomic E-state index is 12.1. The van der Waals surface area contributed by atoms with Gasteiger partial charge in [-0.05, 0) is 6.92 Å². The van der Waals surface area contributed by atoms with Gasteiger partial charge >= 0.3 is 0 Å². The molecule has 2 fully saturated rings. The van der Waals surface area contributed by atoms with Crippen molar-refractivity contribution < 1.29 is 58.6 Å². The largest absolute Gasteiger partial charge is 0.394 e. The number of carbonyl (C=O) groups excluding carboxylic acids is 1. The summed E-state index contributed by atoms with van der Waals surface area (Å²) in [6, 6.07) is 0. The second-order valence-electron chi connectivity index (χ2n) is 6.37. The van der Waals surface area contributed by atoms with Gasteiger partial charge in [0.1, 0.15) is 59.0 Å². The standard InChI is InChI=1S/C14H23BrO12/c1-4(18)14(27-15)10(21)6(3-17)25-13(11(14)22)26-9-5(2-16)24-12(23)8(20)7(9)19/h5-13,16-17,19-23H,2-3H2,1H3/t5-,6-,7-,8-,9-,10-,11+,12+,13-,14+/m1/s1. The van der Waals surface area contributed by atoms with Crippen molar-refractivity contribution in [1.29, 1.82) is 0 Å². The second kappa shape index (κ2) is 9.02. The van der Waals surface area contributed by atoms with Gasteiger partial charge in [-0.15, -0.1) is 0 Å². The monoisotopic (exact) mass is 462 g/mol. The van der Waals surface area contributed by atoms with Crippen LogP contribution in [0.4, 0.5) is 0 Å². The average molecular weight is 463 g/mol. The lowest BCUT2D eigenvalue weighted by Gasteiger charge is -2.49. The summed E-state index contributed by atoms with van der Waals surface area (Å²) in [6.07, 6.45) is -15.0. The number of ether oxygens (including phenoxy) is 3. The average Bonchev–Trinajstić information content (AvgIpc) is 2.64. The van der Waals surface area contributed by atoms with Crippen LogP contribution in [-0.2, 0) is 22.8 Å². The number of halogens is 1. The van der Waals surface area contributed by atoms with Gasteiger partial charge < -0.3 is 50.0 Å². The quantitative estimate of drug-likeness (QED) is 0.201. The smallest absolute Gasteiger partial charge is 0.199 e. The summed E-state index contributed by atoms with van der Waals surface area (Å²) in [5.41, 5.74) is -2.27. The van der Waals surface area contributed by atoms with E-state index >= 15 is 0 Å². The predicted molar refractivity (Wildman–Crippen MR) is 86.0 cm³/mol. The highest BCUT2D eigenvalue weighted by molar-refractivity contribution is 9.06. The van der Waals surface area contributed by atoms with Crippen LogP contribution in [0, 0.1) is 0 Å². The first-order valence-electron chi connectivity index (χ1n) is 8.04. The number of hydrogen-bond acceptors (Lipinski definition) is 12. The van der Waals surface area contributed by atoms with Crippen LogP contribution < -0.4 is 0 Å². The lowest BCUT2D eigenvalue weighted by atomic mass is 9.81. The molecule has 7 N–H and O–H groups in total. The molecule has 0 spiro atoms. The number of carbonyl (C=O) groups is 1. The van der Waals surface area contributed by atoms with Gasteiger partial charge in [0.25, 0.3) is 0 Å². The molecule has 0 bridgehead atoms. The summed E-state index contributed by atoms with van der Waals surface area (Å²) in [7, 11) is 0. The molecule has 0 unspecified atom stereocenters. The van der Waals surface area contributed by atoms with Gasteiger partial charge in [0.15, 0.2) is 24.0 Å². The van der Waals surface area contributed by atoms with Crippen molar-refractivity contribution in [3.05, 3.63) is 0 Å². The number of Topliss-reactive ketones (excluding diaryl/α,β-unsaturated/α-hetero) is 1. The number of hydrogen-bond donors (Lipinski definition) is 7. The fourth-order valence-corrected chi connectivity index (χ4v) is 3.79. The molecule has 0 aromatic heterocycles. The van der Waals surface area contributed by atoms with Gasteiger partial charge in [-0.3, -0.25) is 8.62 Å². The van der Waals surface area contributed by atoms with Crippen LogP contribution in [0.5, 0.6) is 0 Å². The second-order valence-corrected chi connectivity index (χ2v) is 6.69. The molecule has 2 aliphatic heterocycles. The van der Waals surface area contributed by atoms with E-state index in [2.05, 4.69) is 16.3 Å². The number of aliphatic hydroxyl groups excluding tert-OH is 7. The molecule has 2 saturated heterocycles. The Morgan fingerprint density at radius 2 is 1.59 bits per heavy atom. The number of rotatable bonds is 6. The fraction of sp³-hybridized carbons (Fsp3) is 0.929. The molecule has 27 heavy (non-hydrogen) atoms. The lowest BCUT2D eigenvalue weighted by Crippen LogP contribution is -2.72. The zero-order valence-electron chi connectivity index (χ0n) is 14.2. The minimum absolute atomic E-state index is 0.729. The molecule has 0 amide bonds. The van der Waals surface area contributed by atoms with E-state index in [9.17, 15) is 40.5 Å². The van der Waals surface area contributed by atoms with Crippen LogP contribution in [-0.4, -0.2) is 116 Å². The van der Waals surface area contributed by atoms with Gasteiger partial charge in [0.2, 0.25) is 0 Å². The molecular weight excluding hydrogens is 440 g/mol. The highest BCUT2D eigenvalue weighted by Crippen LogP contribution is 2.37. The Labute approximate surface area is 162 Å². The van der Waals surface area contributed by atoms with E-state index in [4.69, 9.17) is 18.0 Å². The first-order chi connectivity index (χ1) is 12.6. The third-order valence-corrected chi connectivity index (χ3v) is 5.32. The zero-order valence-corrected chi connectivity index (χ0v) is 15.7. The van der Waals surface area contributed by atoms with Crippen LogP contribution >= 0.6 is 16.3 Å². The molecule has 0 aliphatic carbocycles. The maximum Gasteiger partial charge on any atom is 0.199 e. The van der Waals surface area contributed by atoms with Crippen LogP contribution in [0.2, 0.25) is 0 Å². The molecule has 10 atom stereocenters. The molecule has 0 aromatic rings. The van der Waals surface area contributed by atoms with Gasteiger partial charge in [-0.1, -0.05) is 0 Å². The Morgan fingerprint density at radius 1 is 1.00 bits per heavy atom. The van der Waals surface area contributed by atoms with Crippen molar-refractivity contribution in [2.24, 2.45) is 0 Å². The van der Waals surface area contributed by atoms with Gasteiger partial charge in [0, 0.05) is 0 Å². The number of ketones is 1. The summed E-state index contributed by atoms with van der Waals surface area (Å²) in [5.74, 6) is -0.815.